The van der Waals surface area contributed by atoms with Crippen molar-refractivity contribution < 1.29 is 19.1 Å². The number of nitrogens with one attached hydrogen (secondary N) is 2. The van der Waals surface area contributed by atoms with Crippen LogP contribution in [0.25, 0.3) is 10.2 Å². The summed E-state index contributed by atoms with van der Waals surface area (Å²) in [5, 5.41) is 7.99. The van der Waals surface area contributed by atoms with Crippen LogP contribution < -0.4 is 20.1 Å². The molecular formula is C27H27Cl2N7O4S. The second-order valence-corrected chi connectivity index (χ2v) is 10.9. The van der Waals surface area contributed by atoms with E-state index in [2.05, 4.69) is 30.5 Å². The highest BCUT2D eigenvalue weighted by Gasteiger charge is 2.23. The highest BCUT2D eigenvalue weighted by atomic mass is 35.5. The Morgan fingerprint density at radius 2 is 1.73 bits per heavy atom. The van der Waals surface area contributed by atoms with Crippen LogP contribution in [0.2, 0.25) is 10.0 Å². The van der Waals surface area contributed by atoms with Gasteiger partial charge in [0.2, 0.25) is 5.91 Å². The minimum absolute atomic E-state index is 0.116. The van der Waals surface area contributed by atoms with Crippen molar-refractivity contribution in [2.45, 2.75) is 13.5 Å². The standard InChI is InChI=1S/C27H27Cl2N7O4S/c1-15(37)36-8-6-35(7-9-36)12-16-4-5-20(30-11-16)33-26-25-23(31-14-32-26)17(13-41-25)27(38)34-24-21(28)18(39-2)10-19(40-3)22(24)29/h4-5,10-11,13-14H,6-9,12H2,1-3H3,(H,34,38)(H,30,31,32,33). The molecule has 0 spiro atoms. The van der Waals surface area contributed by atoms with E-state index in [9.17, 15) is 9.59 Å². The highest BCUT2D eigenvalue weighted by molar-refractivity contribution is 7.18. The lowest BCUT2D eigenvalue weighted by Gasteiger charge is -2.34. The zero-order valence-corrected chi connectivity index (χ0v) is 24.9. The molecule has 11 nitrogen and oxygen atoms in total. The molecule has 14 heteroatoms. The van der Waals surface area contributed by atoms with Crippen LogP contribution >= 0.6 is 34.5 Å². The lowest BCUT2D eigenvalue weighted by atomic mass is 10.2. The monoisotopic (exact) mass is 615 g/mol. The average Bonchev–Trinajstić information content (AvgIpc) is 3.42. The largest absolute Gasteiger partial charge is 0.495 e. The molecule has 1 fully saturated rings. The summed E-state index contributed by atoms with van der Waals surface area (Å²) in [5.74, 6) is 1.41. The maximum absolute atomic E-state index is 13.3. The Hall–Kier alpha value is -3.71. The molecule has 41 heavy (non-hydrogen) atoms. The Morgan fingerprint density at radius 1 is 1.02 bits per heavy atom. The predicted molar refractivity (Wildman–Crippen MR) is 160 cm³/mol. The first-order valence-corrected chi connectivity index (χ1v) is 14.3. The summed E-state index contributed by atoms with van der Waals surface area (Å²) in [7, 11) is 2.91. The number of nitrogens with zero attached hydrogens (tertiary/aromatic N) is 5. The highest BCUT2D eigenvalue weighted by Crippen LogP contribution is 2.44. The van der Waals surface area contributed by atoms with Gasteiger partial charge in [0.15, 0.2) is 5.82 Å². The first-order chi connectivity index (χ1) is 19.8. The molecule has 0 saturated carbocycles. The molecule has 0 bridgehead atoms. The van der Waals surface area contributed by atoms with Crippen molar-refractivity contribution in [2.75, 3.05) is 51.0 Å². The normalized spacial score (nSPS) is 13.7. The zero-order chi connectivity index (χ0) is 29.1. The molecule has 0 aliphatic carbocycles. The number of pyridine rings is 1. The number of ether oxygens (including phenoxy) is 2. The molecule has 1 aliphatic heterocycles. The third-order valence-electron chi connectivity index (χ3n) is 6.71. The number of anilines is 3. The number of carbonyl (C=O) groups is 2. The van der Waals surface area contributed by atoms with Gasteiger partial charge in [-0.3, -0.25) is 14.5 Å². The average molecular weight is 617 g/mol. The van der Waals surface area contributed by atoms with Crippen molar-refractivity contribution in [3.05, 3.63) is 57.3 Å². The topological polar surface area (TPSA) is 122 Å². The molecule has 0 unspecified atom stereocenters. The van der Waals surface area contributed by atoms with E-state index in [0.29, 0.717) is 38.9 Å². The van der Waals surface area contributed by atoms with Gasteiger partial charge in [-0.15, -0.1) is 11.3 Å². The lowest BCUT2D eigenvalue weighted by molar-refractivity contribution is -0.130. The maximum Gasteiger partial charge on any atom is 0.258 e. The van der Waals surface area contributed by atoms with Gasteiger partial charge in [0.05, 0.1) is 35.7 Å². The fourth-order valence-electron chi connectivity index (χ4n) is 4.47. The Labute approximate surface area is 250 Å². The Kier molecular flexibility index (Phi) is 8.74. The molecule has 214 valence electrons. The van der Waals surface area contributed by atoms with E-state index in [0.717, 1.165) is 38.3 Å². The molecule has 4 aromatic rings. The van der Waals surface area contributed by atoms with E-state index in [1.165, 1.54) is 31.9 Å². The van der Waals surface area contributed by atoms with Gasteiger partial charge in [0, 0.05) is 57.3 Å². The minimum Gasteiger partial charge on any atom is -0.495 e. The van der Waals surface area contributed by atoms with Gasteiger partial charge < -0.3 is 25.0 Å². The van der Waals surface area contributed by atoms with E-state index in [1.807, 2.05) is 23.2 Å². The number of amides is 2. The van der Waals surface area contributed by atoms with Crippen LogP contribution in [0.5, 0.6) is 11.5 Å². The van der Waals surface area contributed by atoms with Gasteiger partial charge in [-0.2, -0.15) is 0 Å². The molecule has 1 aliphatic rings. The zero-order valence-electron chi connectivity index (χ0n) is 22.5. The van der Waals surface area contributed by atoms with Crippen molar-refractivity contribution in [1.82, 2.24) is 24.8 Å². The molecule has 2 N–H and O–H groups in total. The fraction of sp³-hybridized carbons (Fsp3) is 0.296. The Balaban J connectivity index is 1.30. The summed E-state index contributed by atoms with van der Waals surface area (Å²) in [4.78, 5) is 42.3. The summed E-state index contributed by atoms with van der Waals surface area (Å²) < 4.78 is 11.3. The number of benzene rings is 1. The SMILES string of the molecule is COc1cc(OC)c(Cl)c(NC(=O)c2csc3c(Nc4ccc(CN5CCN(C(C)=O)CC5)cn4)ncnc23)c1Cl. The van der Waals surface area contributed by atoms with Crippen LogP contribution in [0.4, 0.5) is 17.3 Å². The Morgan fingerprint density at radius 3 is 2.34 bits per heavy atom. The molecule has 2 amide bonds. The predicted octanol–water partition coefficient (Wildman–Crippen LogP) is 5.07. The maximum atomic E-state index is 13.3. The van der Waals surface area contributed by atoms with Crippen molar-refractivity contribution in [2.24, 2.45) is 0 Å². The third-order valence-corrected chi connectivity index (χ3v) is 8.43. The summed E-state index contributed by atoms with van der Waals surface area (Å²) in [6, 6.07) is 5.44. The smallest absolute Gasteiger partial charge is 0.258 e. The molecule has 0 radical (unpaired) electrons. The Bertz CT molecular complexity index is 1560. The molecule has 5 rings (SSSR count). The van der Waals surface area contributed by atoms with E-state index < -0.39 is 5.91 Å². The number of halogens is 2. The van der Waals surface area contributed by atoms with Gasteiger partial charge in [0.25, 0.3) is 5.91 Å². The van der Waals surface area contributed by atoms with E-state index in [1.54, 1.807) is 18.4 Å². The number of fused-ring (bicyclic) bond motifs is 1. The van der Waals surface area contributed by atoms with Crippen LogP contribution in [-0.4, -0.2) is 77.0 Å². The molecular weight excluding hydrogens is 589 g/mol. The number of hydrogen-bond donors (Lipinski definition) is 2. The minimum atomic E-state index is -0.452. The van der Waals surface area contributed by atoms with Gasteiger partial charge in [-0.1, -0.05) is 29.3 Å². The van der Waals surface area contributed by atoms with Crippen LogP contribution in [0.1, 0.15) is 22.8 Å². The van der Waals surface area contributed by atoms with Crippen LogP contribution in [-0.2, 0) is 11.3 Å². The van der Waals surface area contributed by atoms with Gasteiger partial charge >= 0.3 is 0 Å². The summed E-state index contributed by atoms with van der Waals surface area (Å²) in [6.07, 6.45) is 3.21. The molecule has 4 heterocycles. The van der Waals surface area contributed by atoms with Crippen LogP contribution in [0, 0.1) is 0 Å². The number of methoxy groups -OCH3 is 2. The number of rotatable bonds is 8. The molecule has 3 aromatic heterocycles. The number of aromatic nitrogens is 3. The number of carbonyl (C=O) groups excluding carboxylic acids is 2. The quantitative estimate of drug-likeness (QED) is 0.280. The van der Waals surface area contributed by atoms with Crippen LogP contribution in [0.3, 0.4) is 0 Å². The van der Waals surface area contributed by atoms with Crippen molar-refractivity contribution >= 4 is 73.9 Å². The lowest BCUT2D eigenvalue weighted by Crippen LogP contribution is -2.47. The first kappa shape index (κ1) is 28.8. The second kappa shape index (κ2) is 12.4. The number of piperazine rings is 1. The van der Waals surface area contributed by atoms with Gasteiger partial charge in [-0.25, -0.2) is 15.0 Å². The van der Waals surface area contributed by atoms with Gasteiger partial charge in [-0.05, 0) is 11.6 Å². The molecule has 1 aromatic carbocycles. The van der Waals surface area contributed by atoms with E-state index >= 15 is 0 Å². The number of thiophene rings is 1. The summed E-state index contributed by atoms with van der Waals surface area (Å²) in [5.41, 5.74) is 2.04. The van der Waals surface area contributed by atoms with E-state index in [4.69, 9.17) is 32.7 Å². The van der Waals surface area contributed by atoms with Crippen LogP contribution in [0.15, 0.2) is 36.1 Å². The van der Waals surface area contributed by atoms with E-state index in [-0.39, 0.29) is 21.6 Å². The second-order valence-electron chi connectivity index (χ2n) is 9.25. The third kappa shape index (κ3) is 6.15. The number of hydrogen-bond acceptors (Lipinski definition) is 10. The van der Waals surface area contributed by atoms with Gasteiger partial charge in [0.1, 0.15) is 33.7 Å². The van der Waals surface area contributed by atoms with Crippen molar-refractivity contribution in [3.8, 4) is 11.5 Å². The molecule has 0 atom stereocenters. The summed E-state index contributed by atoms with van der Waals surface area (Å²) >= 11 is 14.2. The first-order valence-electron chi connectivity index (χ1n) is 12.6. The van der Waals surface area contributed by atoms with Crippen molar-refractivity contribution in [1.29, 1.82) is 0 Å². The fourth-order valence-corrected chi connectivity index (χ4v) is 6.01. The summed E-state index contributed by atoms with van der Waals surface area (Å²) in [6.45, 7) is 5.50. The van der Waals surface area contributed by atoms with Crippen molar-refractivity contribution in [3.63, 3.8) is 0 Å². The molecule has 1 saturated heterocycles.